The van der Waals surface area contributed by atoms with Gasteiger partial charge in [-0.05, 0) is 30.5 Å². The average molecular weight is 457 g/mol. The topological polar surface area (TPSA) is 116 Å². The number of para-hydroxylation sites is 1. The Bertz CT molecular complexity index is 1170. The Labute approximate surface area is 186 Å². The van der Waals surface area contributed by atoms with Crippen molar-refractivity contribution in [1.29, 1.82) is 0 Å². The first kappa shape index (κ1) is 21.8. The molecule has 2 N–H and O–H groups in total. The van der Waals surface area contributed by atoms with Crippen LogP contribution in [0.2, 0.25) is 0 Å². The molecule has 32 heavy (non-hydrogen) atoms. The van der Waals surface area contributed by atoms with Crippen molar-refractivity contribution >= 4 is 33.6 Å². The van der Waals surface area contributed by atoms with Crippen LogP contribution >= 0.6 is 0 Å². The number of urea groups is 1. The molecule has 168 valence electrons. The van der Waals surface area contributed by atoms with Crippen molar-refractivity contribution in [2.24, 2.45) is 0 Å². The number of hydrogen-bond donors (Lipinski definition) is 2. The molecule has 9 nitrogen and oxygen atoms in total. The van der Waals surface area contributed by atoms with Gasteiger partial charge in [-0.15, -0.1) is 0 Å². The van der Waals surface area contributed by atoms with Crippen molar-refractivity contribution in [1.82, 2.24) is 15.5 Å². The van der Waals surface area contributed by atoms with Crippen LogP contribution in [0.4, 0.5) is 10.5 Å². The van der Waals surface area contributed by atoms with E-state index in [2.05, 4.69) is 10.6 Å². The Kier molecular flexibility index (Phi) is 5.64. The molecule has 0 bridgehead atoms. The number of nitrogens with zero attached hydrogens (tertiary/aromatic N) is 2. The number of amides is 4. The third kappa shape index (κ3) is 3.93. The van der Waals surface area contributed by atoms with E-state index in [0.717, 1.165) is 10.5 Å². The van der Waals surface area contributed by atoms with Gasteiger partial charge in [0.05, 0.1) is 11.4 Å². The van der Waals surface area contributed by atoms with Crippen LogP contribution in [0.1, 0.15) is 18.1 Å². The number of nitrogens with one attached hydrogen (secondary N) is 2. The van der Waals surface area contributed by atoms with Gasteiger partial charge < -0.3 is 10.6 Å². The second-order valence-electron chi connectivity index (χ2n) is 7.93. The highest BCUT2D eigenvalue weighted by molar-refractivity contribution is 7.92. The summed E-state index contributed by atoms with van der Waals surface area (Å²) in [5.74, 6) is -1.43. The number of anilines is 1. The van der Waals surface area contributed by atoms with Gasteiger partial charge in [-0.1, -0.05) is 48.5 Å². The first-order valence-corrected chi connectivity index (χ1v) is 11.9. The summed E-state index contributed by atoms with van der Waals surface area (Å²) < 4.78 is 26.8. The molecule has 0 spiro atoms. The number of benzene rings is 2. The molecule has 4 amide bonds. The van der Waals surface area contributed by atoms with E-state index in [0.29, 0.717) is 24.2 Å². The molecular weight excluding hydrogens is 432 g/mol. The number of sulfonamides is 1. The molecule has 10 heteroatoms. The minimum Gasteiger partial charge on any atom is -0.353 e. The molecule has 1 saturated heterocycles. The van der Waals surface area contributed by atoms with Gasteiger partial charge >= 0.3 is 6.03 Å². The average Bonchev–Trinajstić information content (AvgIpc) is 3.30. The highest BCUT2D eigenvalue weighted by atomic mass is 32.2. The maximum absolute atomic E-state index is 12.9. The molecule has 2 heterocycles. The van der Waals surface area contributed by atoms with Gasteiger partial charge in [0, 0.05) is 13.1 Å². The van der Waals surface area contributed by atoms with Crippen molar-refractivity contribution in [3.05, 3.63) is 65.7 Å². The fourth-order valence-corrected chi connectivity index (χ4v) is 5.46. The lowest BCUT2D eigenvalue weighted by molar-refractivity contribution is -0.134. The predicted molar refractivity (Wildman–Crippen MR) is 118 cm³/mol. The lowest BCUT2D eigenvalue weighted by atomic mass is 9.92. The van der Waals surface area contributed by atoms with Crippen LogP contribution < -0.4 is 14.9 Å². The minimum absolute atomic E-state index is 0.126. The van der Waals surface area contributed by atoms with Gasteiger partial charge in [-0.3, -0.25) is 18.8 Å². The van der Waals surface area contributed by atoms with E-state index in [1.807, 2.05) is 12.1 Å². The van der Waals surface area contributed by atoms with Gasteiger partial charge in [-0.2, -0.15) is 0 Å². The fraction of sp³-hybridized carbons (Fsp3) is 0.318. The monoisotopic (exact) mass is 456 g/mol. The summed E-state index contributed by atoms with van der Waals surface area (Å²) in [5.41, 5.74) is 0.988. The quantitative estimate of drug-likeness (QED) is 0.602. The number of carbonyl (C=O) groups is 3. The lowest BCUT2D eigenvalue weighted by Gasteiger charge is -2.22. The van der Waals surface area contributed by atoms with Gasteiger partial charge in [0.2, 0.25) is 15.9 Å². The number of carbonyl (C=O) groups excluding carboxylic acids is 3. The molecule has 0 saturated carbocycles. The van der Waals surface area contributed by atoms with E-state index < -0.39 is 40.0 Å². The van der Waals surface area contributed by atoms with Crippen molar-refractivity contribution in [2.75, 3.05) is 29.7 Å². The van der Waals surface area contributed by atoms with Gasteiger partial charge in [-0.25, -0.2) is 13.2 Å². The fourth-order valence-electron chi connectivity index (χ4n) is 4.03. The lowest BCUT2D eigenvalue weighted by Crippen LogP contribution is -2.44. The maximum Gasteiger partial charge on any atom is 0.325 e. The third-order valence-electron chi connectivity index (χ3n) is 5.79. The largest absolute Gasteiger partial charge is 0.353 e. The zero-order valence-electron chi connectivity index (χ0n) is 17.6. The third-order valence-corrected chi connectivity index (χ3v) is 7.56. The van der Waals surface area contributed by atoms with Crippen LogP contribution in [0.5, 0.6) is 0 Å². The molecule has 1 fully saturated rings. The molecule has 1 atom stereocenters. The summed E-state index contributed by atoms with van der Waals surface area (Å²) in [6, 6.07) is 15.4. The Morgan fingerprint density at radius 1 is 1.09 bits per heavy atom. The zero-order valence-corrected chi connectivity index (χ0v) is 18.4. The van der Waals surface area contributed by atoms with Crippen LogP contribution in [0.25, 0.3) is 0 Å². The van der Waals surface area contributed by atoms with E-state index in [4.69, 9.17) is 0 Å². The number of hydrogen-bond acceptors (Lipinski definition) is 5. The van der Waals surface area contributed by atoms with Crippen molar-refractivity contribution < 1.29 is 22.8 Å². The summed E-state index contributed by atoms with van der Waals surface area (Å²) in [6.45, 7) is 1.34. The van der Waals surface area contributed by atoms with Crippen LogP contribution in [-0.2, 0) is 31.6 Å². The molecule has 0 aliphatic carbocycles. The first-order valence-electron chi connectivity index (χ1n) is 10.3. The molecule has 2 aliphatic heterocycles. The Morgan fingerprint density at radius 2 is 1.78 bits per heavy atom. The van der Waals surface area contributed by atoms with Crippen LogP contribution in [0.15, 0.2) is 54.6 Å². The maximum atomic E-state index is 12.9. The number of rotatable bonds is 7. The Balaban J connectivity index is 1.34. The summed E-state index contributed by atoms with van der Waals surface area (Å²) >= 11 is 0. The van der Waals surface area contributed by atoms with Crippen molar-refractivity contribution in [3.63, 3.8) is 0 Å². The molecule has 4 rings (SSSR count). The number of fused-ring (bicyclic) bond motifs is 1. The second kappa shape index (κ2) is 8.27. The molecule has 1 unspecified atom stereocenters. The van der Waals surface area contributed by atoms with E-state index in [9.17, 15) is 22.8 Å². The summed E-state index contributed by atoms with van der Waals surface area (Å²) in [4.78, 5) is 38.4. The van der Waals surface area contributed by atoms with Crippen molar-refractivity contribution in [3.8, 4) is 0 Å². The standard InChI is InChI=1S/C22H24N4O5S/c1-22(17-8-3-2-4-9-17)20(28)25(21(29)24-22)15-19(27)23-12-14-32(30,31)26-13-11-16-7-5-6-10-18(16)26/h2-10H,11-15H2,1H3,(H,23,27)(H,24,29). The Morgan fingerprint density at radius 3 is 2.53 bits per heavy atom. The predicted octanol–water partition coefficient (Wildman–Crippen LogP) is 0.962. The molecule has 0 radical (unpaired) electrons. The Hall–Kier alpha value is -3.40. The molecular formula is C22H24N4O5S. The van der Waals surface area contributed by atoms with Crippen LogP contribution in [-0.4, -0.2) is 56.6 Å². The summed E-state index contributed by atoms with van der Waals surface area (Å²) in [7, 11) is -3.61. The van der Waals surface area contributed by atoms with Gasteiger partial charge in [0.15, 0.2) is 0 Å². The van der Waals surface area contributed by atoms with E-state index >= 15 is 0 Å². The zero-order chi connectivity index (χ0) is 22.9. The van der Waals surface area contributed by atoms with Crippen LogP contribution in [0, 0.1) is 0 Å². The second-order valence-corrected chi connectivity index (χ2v) is 9.94. The summed E-state index contributed by atoms with van der Waals surface area (Å²) in [5, 5.41) is 5.14. The van der Waals surface area contributed by atoms with E-state index in [1.54, 1.807) is 49.4 Å². The SMILES string of the molecule is CC1(c2ccccc2)NC(=O)N(CC(=O)NCCS(=O)(=O)N2CCc3ccccc32)C1=O. The normalized spacial score (nSPS) is 20.3. The van der Waals surface area contributed by atoms with E-state index in [1.165, 1.54) is 4.31 Å². The van der Waals surface area contributed by atoms with E-state index in [-0.39, 0.29) is 12.3 Å². The minimum atomic E-state index is -3.61. The van der Waals surface area contributed by atoms with Gasteiger partial charge in [0.25, 0.3) is 5.91 Å². The summed E-state index contributed by atoms with van der Waals surface area (Å²) in [6.07, 6.45) is 0.647. The van der Waals surface area contributed by atoms with Crippen molar-refractivity contribution in [2.45, 2.75) is 18.9 Å². The van der Waals surface area contributed by atoms with Gasteiger partial charge in [0.1, 0.15) is 12.1 Å². The van der Waals surface area contributed by atoms with Crippen LogP contribution in [0.3, 0.4) is 0 Å². The smallest absolute Gasteiger partial charge is 0.325 e. The first-order chi connectivity index (χ1) is 15.2. The highest BCUT2D eigenvalue weighted by Gasteiger charge is 2.49. The highest BCUT2D eigenvalue weighted by Crippen LogP contribution is 2.30. The molecule has 2 aromatic carbocycles. The molecule has 2 aliphatic rings. The molecule has 2 aromatic rings. The number of imide groups is 1. The molecule has 0 aromatic heterocycles.